The summed E-state index contributed by atoms with van der Waals surface area (Å²) in [6.45, 7) is 9.23. The summed E-state index contributed by atoms with van der Waals surface area (Å²) < 4.78 is 0. The SMILES string of the molecule is CC(C)c1ccc([C@H](CC2CC2)N2CCNCC2)cc1.Cl.Cl. The summed E-state index contributed by atoms with van der Waals surface area (Å²) >= 11 is 0. The predicted octanol–water partition coefficient (Wildman–Crippen LogP) is 4.40. The molecule has 1 atom stereocenters. The fourth-order valence-corrected chi connectivity index (χ4v) is 3.26. The highest BCUT2D eigenvalue weighted by Gasteiger charge is 2.30. The summed E-state index contributed by atoms with van der Waals surface area (Å²) in [5, 5.41) is 3.47. The second-order valence-electron chi connectivity index (χ2n) is 6.80. The van der Waals surface area contributed by atoms with Crippen molar-refractivity contribution in [2.45, 2.75) is 45.1 Å². The largest absolute Gasteiger partial charge is 0.314 e. The van der Waals surface area contributed by atoms with Gasteiger partial charge in [-0.1, -0.05) is 51.0 Å². The second kappa shape index (κ2) is 9.12. The lowest BCUT2D eigenvalue weighted by Gasteiger charge is -2.35. The van der Waals surface area contributed by atoms with Crippen molar-refractivity contribution in [2.75, 3.05) is 26.2 Å². The van der Waals surface area contributed by atoms with Gasteiger partial charge in [0, 0.05) is 32.2 Å². The first kappa shape index (κ1) is 19.8. The quantitative estimate of drug-likeness (QED) is 0.851. The number of benzene rings is 1. The van der Waals surface area contributed by atoms with Gasteiger partial charge in [0.25, 0.3) is 0 Å². The zero-order valence-corrected chi connectivity index (χ0v) is 15.4. The van der Waals surface area contributed by atoms with E-state index < -0.39 is 0 Å². The normalized spacial score (nSPS) is 20.1. The minimum absolute atomic E-state index is 0. The fraction of sp³-hybridized carbons (Fsp3) is 0.667. The molecule has 1 aliphatic heterocycles. The van der Waals surface area contributed by atoms with Gasteiger partial charge < -0.3 is 5.32 Å². The molecule has 126 valence electrons. The molecule has 1 aliphatic carbocycles. The Kier molecular flexibility index (Phi) is 8.20. The first-order valence-electron chi connectivity index (χ1n) is 8.28. The number of hydrogen-bond acceptors (Lipinski definition) is 2. The van der Waals surface area contributed by atoms with Gasteiger partial charge >= 0.3 is 0 Å². The molecule has 2 nitrogen and oxygen atoms in total. The van der Waals surface area contributed by atoms with Crippen molar-refractivity contribution in [3.63, 3.8) is 0 Å². The average Bonchev–Trinajstić information content (AvgIpc) is 3.30. The molecule has 1 aromatic rings. The molecular weight excluding hydrogens is 315 g/mol. The Labute approximate surface area is 147 Å². The number of nitrogens with zero attached hydrogens (tertiary/aromatic N) is 1. The van der Waals surface area contributed by atoms with Gasteiger partial charge in [-0.25, -0.2) is 0 Å². The molecule has 2 aliphatic rings. The molecule has 1 heterocycles. The van der Waals surface area contributed by atoms with Crippen molar-refractivity contribution in [1.82, 2.24) is 10.2 Å². The molecule has 0 bridgehead atoms. The fourth-order valence-electron chi connectivity index (χ4n) is 3.26. The molecule has 1 saturated carbocycles. The van der Waals surface area contributed by atoms with Gasteiger partial charge in [0.1, 0.15) is 0 Å². The zero-order chi connectivity index (χ0) is 13.9. The van der Waals surface area contributed by atoms with Crippen LogP contribution in [0.25, 0.3) is 0 Å². The molecule has 22 heavy (non-hydrogen) atoms. The van der Waals surface area contributed by atoms with Crippen LogP contribution in [0.15, 0.2) is 24.3 Å². The Hall–Kier alpha value is -0.280. The minimum Gasteiger partial charge on any atom is -0.314 e. The maximum atomic E-state index is 3.47. The molecule has 1 N–H and O–H groups in total. The van der Waals surface area contributed by atoms with Gasteiger partial charge in [0.05, 0.1) is 0 Å². The van der Waals surface area contributed by atoms with Crippen LogP contribution in [0, 0.1) is 5.92 Å². The van der Waals surface area contributed by atoms with Crippen LogP contribution in [0.2, 0.25) is 0 Å². The summed E-state index contributed by atoms with van der Waals surface area (Å²) in [7, 11) is 0. The highest BCUT2D eigenvalue weighted by Crippen LogP contribution is 2.40. The van der Waals surface area contributed by atoms with Crippen LogP contribution in [-0.4, -0.2) is 31.1 Å². The highest BCUT2D eigenvalue weighted by atomic mass is 35.5. The number of hydrogen-bond donors (Lipinski definition) is 1. The van der Waals surface area contributed by atoms with Crippen molar-refractivity contribution in [3.05, 3.63) is 35.4 Å². The third kappa shape index (κ3) is 5.13. The lowest BCUT2D eigenvalue weighted by Crippen LogP contribution is -2.45. The maximum Gasteiger partial charge on any atom is 0.0351 e. The molecule has 1 saturated heterocycles. The Morgan fingerprint density at radius 3 is 2.05 bits per heavy atom. The van der Waals surface area contributed by atoms with E-state index in [-0.39, 0.29) is 24.8 Å². The van der Waals surface area contributed by atoms with Crippen molar-refractivity contribution >= 4 is 24.8 Å². The van der Waals surface area contributed by atoms with E-state index in [2.05, 4.69) is 48.3 Å². The van der Waals surface area contributed by atoms with E-state index in [0.717, 1.165) is 19.0 Å². The van der Waals surface area contributed by atoms with E-state index in [1.165, 1.54) is 43.5 Å². The molecule has 0 amide bonds. The molecular formula is C18H30Cl2N2. The number of piperazine rings is 1. The molecule has 0 spiro atoms. The Bertz CT molecular complexity index is 423. The van der Waals surface area contributed by atoms with Crippen molar-refractivity contribution in [3.8, 4) is 0 Å². The van der Waals surface area contributed by atoms with Crippen LogP contribution in [-0.2, 0) is 0 Å². The molecule has 0 aromatic heterocycles. The van der Waals surface area contributed by atoms with Gasteiger partial charge in [-0.3, -0.25) is 4.90 Å². The predicted molar refractivity (Wildman–Crippen MR) is 99.6 cm³/mol. The van der Waals surface area contributed by atoms with Crippen molar-refractivity contribution in [1.29, 1.82) is 0 Å². The van der Waals surface area contributed by atoms with Crippen LogP contribution in [0.1, 0.15) is 56.2 Å². The van der Waals surface area contributed by atoms with Gasteiger partial charge in [-0.15, -0.1) is 24.8 Å². The lowest BCUT2D eigenvalue weighted by atomic mass is 9.95. The molecule has 0 unspecified atom stereocenters. The number of halogens is 2. The number of nitrogens with one attached hydrogen (secondary N) is 1. The lowest BCUT2D eigenvalue weighted by molar-refractivity contribution is 0.160. The second-order valence-corrected chi connectivity index (χ2v) is 6.80. The van der Waals surface area contributed by atoms with Crippen LogP contribution in [0.4, 0.5) is 0 Å². The molecule has 2 fully saturated rings. The third-order valence-electron chi connectivity index (χ3n) is 4.83. The smallest absolute Gasteiger partial charge is 0.0351 e. The minimum atomic E-state index is 0. The van der Waals surface area contributed by atoms with E-state index in [4.69, 9.17) is 0 Å². The van der Waals surface area contributed by atoms with E-state index in [1.54, 1.807) is 0 Å². The number of rotatable bonds is 5. The van der Waals surface area contributed by atoms with E-state index in [9.17, 15) is 0 Å². The first-order valence-corrected chi connectivity index (χ1v) is 8.28. The average molecular weight is 345 g/mol. The summed E-state index contributed by atoms with van der Waals surface area (Å²) in [4.78, 5) is 2.69. The van der Waals surface area contributed by atoms with E-state index >= 15 is 0 Å². The van der Waals surface area contributed by atoms with Crippen LogP contribution in [0.5, 0.6) is 0 Å². The maximum absolute atomic E-state index is 3.47. The zero-order valence-electron chi connectivity index (χ0n) is 13.8. The van der Waals surface area contributed by atoms with Crippen molar-refractivity contribution < 1.29 is 0 Å². The van der Waals surface area contributed by atoms with Gasteiger partial charge in [-0.05, 0) is 29.4 Å². The van der Waals surface area contributed by atoms with Gasteiger partial charge in [0.2, 0.25) is 0 Å². The molecule has 0 radical (unpaired) electrons. The third-order valence-corrected chi connectivity index (χ3v) is 4.83. The standard InChI is InChI=1S/C18H28N2.2ClH/c1-14(2)16-5-7-17(8-6-16)18(13-15-3-4-15)20-11-9-19-10-12-20;;/h5-8,14-15,18-19H,3-4,9-13H2,1-2H3;2*1H/t18-;;/m0../s1. The topological polar surface area (TPSA) is 15.3 Å². The molecule has 1 aromatic carbocycles. The van der Waals surface area contributed by atoms with Gasteiger partial charge in [0.15, 0.2) is 0 Å². The Balaban J connectivity index is 0.00000121. The van der Waals surface area contributed by atoms with Crippen molar-refractivity contribution in [2.24, 2.45) is 5.92 Å². The summed E-state index contributed by atoms with van der Waals surface area (Å²) in [5.41, 5.74) is 2.99. The van der Waals surface area contributed by atoms with Crippen LogP contribution < -0.4 is 5.32 Å². The monoisotopic (exact) mass is 344 g/mol. The summed E-state index contributed by atoms with van der Waals surface area (Å²) in [5.74, 6) is 1.62. The van der Waals surface area contributed by atoms with Crippen LogP contribution in [0.3, 0.4) is 0 Å². The highest BCUT2D eigenvalue weighted by molar-refractivity contribution is 5.85. The van der Waals surface area contributed by atoms with Crippen LogP contribution >= 0.6 is 24.8 Å². The van der Waals surface area contributed by atoms with E-state index in [1.807, 2.05) is 0 Å². The summed E-state index contributed by atoms with van der Waals surface area (Å²) in [6.07, 6.45) is 4.26. The summed E-state index contributed by atoms with van der Waals surface area (Å²) in [6, 6.07) is 10.1. The first-order chi connectivity index (χ1) is 9.74. The molecule has 4 heteroatoms. The Morgan fingerprint density at radius 1 is 1.00 bits per heavy atom. The van der Waals surface area contributed by atoms with E-state index in [0.29, 0.717) is 12.0 Å². The van der Waals surface area contributed by atoms with Gasteiger partial charge in [-0.2, -0.15) is 0 Å². The molecule has 3 rings (SSSR count). The Morgan fingerprint density at radius 2 is 1.55 bits per heavy atom.